The largest absolute Gasteiger partial charge is 0.315 e. The van der Waals surface area contributed by atoms with E-state index in [1.165, 1.54) is 20.6 Å². The quantitative estimate of drug-likeness (QED) is 0.845. The fourth-order valence-corrected chi connectivity index (χ4v) is 3.25. The highest BCUT2D eigenvalue weighted by molar-refractivity contribution is 9.11. The first kappa shape index (κ1) is 14.2. The topological polar surface area (TPSA) is 12.0 Å². The highest BCUT2D eigenvalue weighted by Crippen LogP contribution is 2.37. The van der Waals surface area contributed by atoms with Crippen LogP contribution >= 0.6 is 27.3 Å². The fraction of sp³-hybridized carbons (Fsp3) is 0.692. The van der Waals surface area contributed by atoms with Crippen LogP contribution in [0.4, 0.5) is 0 Å². The molecule has 92 valence electrons. The molecule has 0 unspecified atom stereocenters. The first-order chi connectivity index (χ1) is 7.33. The SMILES string of the molecule is Cc1cc(C(C)(C)CCNC(C)C)sc1Br. The average molecular weight is 304 g/mol. The molecule has 1 N–H and O–H groups in total. The Morgan fingerprint density at radius 3 is 2.50 bits per heavy atom. The Kier molecular flexibility index (Phi) is 5.02. The lowest BCUT2D eigenvalue weighted by atomic mass is 9.87. The molecule has 0 aliphatic heterocycles. The Morgan fingerprint density at radius 2 is 2.06 bits per heavy atom. The van der Waals surface area contributed by atoms with Crippen molar-refractivity contribution in [3.8, 4) is 0 Å². The molecule has 1 aromatic rings. The van der Waals surface area contributed by atoms with Crippen molar-refractivity contribution in [2.45, 2.75) is 52.5 Å². The number of hydrogen-bond donors (Lipinski definition) is 1. The van der Waals surface area contributed by atoms with Gasteiger partial charge in [0.2, 0.25) is 0 Å². The van der Waals surface area contributed by atoms with E-state index in [1.807, 2.05) is 11.3 Å². The van der Waals surface area contributed by atoms with Crippen LogP contribution in [0, 0.1) is 6.92 Å². The summed E-state index contributed by atoms with van der Waals surface area (Å²) in [6.07, 6.45) is 1.18. The molecular weight excluding hydrogens is 282 g/mol. The number of aryl methyl sites for hydroxylation is 1. The van der Waals surface area contributed by atoms with Crippen LogP contribution in [0.5, 0.6) is 0 Å². The third-order valence-corrected chi connectivity index (χ3v) is 5.33. The second kappa shape index (κ2) is 5.65. The van der Waals surface area contributed by atoms with E-state index < -0.39 is 0 Å². The molecule has 0 fully saturated rings. The minimum Gasteiger partial charge on any atom is -0.315 e. The molecule has 0 aliphatic rings. The number of halogens is 1. The van der Waals surface area contributed by atoms with Gasteiger partial charge in [0.05, 0.1) is 3.79 Å². The van der Waals surface area contributed by atoms with Gasteiger partial charge in [-0.1, -0.05) is 27.7 Å². The summed E-state index contributed by atoms with van der Waals surface area (Å²) in [7, 11) is 0. The Hall–Kier alpha value is 0.140. The van der Waals surface area contributed by atoms with E-state index in [9.17, 15) is 0 Å². The van der Waals surface area contributed by atoms with Crippen LogP contribution in [-0.4, -0.2) is 12.6 Å². The van der Waals surface area contributed by atoms with Gasteiger partial charge in [-0.25, -0.2) is 0 Å². The van der Waals surface area contributed by atoms with Crippen LogP contribution in [-0.2, 0) is 5.41 Å². The maximum absolute atomic E-state index is 3.60. The lowest BCUT2D eigenvalue weighted by molar-refractivity contribution is 0.448. The standard InChI is InChI=1S/C13H22BrNS/c1-9(2)15-7-6-13(4,5)11-8-10(3)12(14)16-11/h8-9,15H,6-7H2,1-5H3. The van der Waals surface area contributed by atoms with Crippen LogP contribution in [0.1, 0.15) is 44.6 Å². The normalized spacial score (nSPS) is 12.4. The monoisotopic (exact) mass is 303 g/mol. The van der Waals surface area contributed by atoms with Gasteiger partial charge in [0, 0.05) is 16.3 Å². The van der Waals surface area contributed by atoms with Crippen LogP contribution < -0.4 is 5.32 Å². The number of thiophene rings is 1. The molecule has 1 rings (SSSR count). The van der Waals surface area contributed by atoms with E-state index in [0.717, 1.165) is 6.54 Å². The summed E-state index contributed by atoms with van der Waals surface area (Å²) in [5.41, 5.74) is 1.62. The summed E-state index contributed by atoms with van der Waals surface area (Å²) in [5, 5.41) is 3.49. The molecule has 3 heteroatoms. The van der Waals surface area contributed by atoms with Gasteiger partial charge >= 0.3 is 0 Å². The summed E-state index contributed by atoms with van der Waals surface area (Å²) in [4.78, 5) is 1.47. The Morgan fingerprint density at radius 1 is 1.44 bits per heavy atom. The van der Waals surface area contributed by atoms with E-state index in [2.05, 4.69) is 61.9 Å². The van der Waals surface area contributed by atoms with Crippen molar-refractivity contribution < 1.29 is 0 Å². The second-order valence-corrected chi connectivity index (χ2v) is 7.68. The summed E-state index contributed by atoms with van der Waals surface area (Å²) in [6, 6.07) is 2.89. The third kappa shape index (κ3) is 3.86. The molecule has 1 heterocycles. The van der Waals surface area contributed by atoms with E-state index in [0.29, 0.717) is 6.04 Å². The van der Waals surface area contributed by atoms with Crippen LogP contribution in [0.15, 0.2) is 9.85 Å². The van der Waals surface area contributed by atoms with Crippen molar-refractivity contribution in [1.82, 2.24) is 5.32 Å². The lowest BCUT2D eigenvalue weighted by Gasteiger charge is -2.24. The highest BCUT2D eigenvalue weighted by Gasteiger charge is 2.23. The Balaban J connectivity index is 2.62. The van der Waals surface area contributed by atoms with Crippen molar-refractivity contribution in [2.75, 3.05) is 6.54 Å². The summed E-state index contributed by atoms with van der Waals surface area (Å²) in [5.74, 6) is 0. The number of hydrogen-bond acceptors (Lipinski definition) is 2. The smallest absolute Gasteiger partial charge is 0.0730 e. The molecule has 16 heavy (non-hydrogen) atoms. The molecule has 0 spiro atoms. The van der Waals surface area contributed by atoms with Crippen LogP contribution in [0.2, 0.25) is 0 Å². The van der Waals surface area contributed by atoms with Gasteiger partial charge in [0.15, 0.2) is 0 Å². The molecule has 0 aromatic carbocycles. The molecule has 0 atom stereocenters. The number of rotatable bonds is 5. The van der Waals surface area contributed by atoms with Gasteiger partial charge in [0.1, 0.15) is 0 Å². The molecular formula is C13H22BrNS. The first-order valence-electron chi connectivity index (χ1n) is 5.83. The zero-order chi connectivity index (χ0) is 12.3. The van der Waals surface area contributed by atoms with E-state index in [-0.39, 0.29) is 5.41 Å². The Bertz CT molecular complexity index is 322. The zero-order valence-corrected chi connectivity index (χ0v) is 13.3. The van der Waals surface area contributed by atoms with Crippen LogP contribution in [0.3, 0.4) is 0 Å². The molecule has 0 saturated carbocycles. The van der Waals surface area contributed by atoms with Gasteiger partial charge in [-0.3, -0.25) is 0 Å². The molecule has 0 amide bonds. The van der Waals surface area contributed by atoms with Gasteiger partial charge in [-0.15, -0.1) is 11.3 Å². The van der Waals surface area contributed by atoms with E-state index >= 15 is 0 Å². The molecule has 0 radical (unpaired) electrons. The predicted octanol–water partition coefficient (Wildman–Crippen LogP) is 4.48. The van der Waals surface area contributed by atoms with Crippen molar-refractivity contribution in [3.05, 3.63) is 20.3 Å². The molecule has 1 nitrogen and oxygen atoms in total. The number of nitrogens with one attached hydrogen (secondary N) is 1. The predicted molar refractivity (Wildman–Crippen MR) is 77.5 cm³/mol. The van der Waals surface area contributed by atoms with E-state index in [4.69, 9.17) is 0 Å². The highest BCUT2D eigenvalue weighted by atomic mass is 79.9. The second-order valence-electron chi connectivity index (χ2n) is 5.31. The van der Waals surface area contributed by atoms with Gasteiger partial charge in [-0.05, 0) is 47.4 Å². The maximum Gasteiger partial charge on any atom is 0.0730 e. The van der Waals surface area contributed by atoms with E-state index in [1.54, 1.807) is 0 Å². The van der Waals surface area contributed by atoms with Gasteiger partial charge in [-0.2, -0.15) is 0 Å². The van der Waals surface area contributed by atoms with Crippen molar-refractivity contribution in [1.29, 1.82) is 0 Å². The zero-order valence-electron chi connectivity index (χ0n) is 10.9. The first-order valence-corrected chi connectivity index (χ1v) is 7.43. The van der Waals surface area contributed by atoms with Gasteiger partial charge < -0.3 is 5.32 Å². The van der Waals surface area contributed by atoms with Crippen molar-refractivity contribution in [3.63, 3.8) is 0 Å². The van der Waals surface area contributed by atoms with Crippen molar-refractivity contribution >= 4 is 27.3 Å². The molecule has 1 aromatic heterocycles. The maximum atomic E-state index is 3.60. The molecule has 0 aliphatic carbocycles. The minimum atomic E-state index is 0.267. The van der Waals surface area contributed by atoms with Gasteiger partial charge in [0.25, 0.3) is 0 Å². The Labute approximate surface area is 112 Å². The average Bonchev–Trinajstić information content (AvgIpc) is 2.46. The minimum absolute atomic E-state index is 0.267. The summed E-state index contributed by atoms with van der Waals surface area (Å²) < 4.78 is 1.27. The molecule has 0 bridgehead atoms. The summed E-state index contributed by atoms with van der Waals surface area (Å²) >= 11 is 5.47. The lowest BCUT2D eigenvalue weighted by Crippen LogP contribution is -2.29. The fourth-order valence-electron chi connectivity index (χ4n) is 1.59. The molecule has 0 saturated heterocycles. The van der Waals surface area contributed by atoms with Crippen LogP contribution in [0.25, 0.3) is 0 Å². The van der Waals surface area contributed by atoms with Crippen molar-refractivity contribution in [2.24, 2.45) is 0 Å². The third-order valence-electron chi connectivity index (χ3n) is 2.83. The summed E-state index contributed by atoms with van der Waals surface area (Å²) in [6.45, 7) is 12.3.